The highest BCUT2D eigenvalue weighted by Gasteiger charge is 2.14. The quantitative estimate of drug-likeness (QED) is 0.218. The Hall–Kier alpha value is -1.09. The lowest BCUT2D eigenvalue weighted by Gasteiger charge is -2.30. The lowest BCUT2D eigenvalue weighted by Crippen LogP contribution is -2.48. The Balaban J connectivity index is 3.36. The van der Waals surface area contributed by atoms with Crippen LogP contribution in [-0.2, 0) is 4.79 Å². The number of likely N-dealkylation sites (N-methyl/N-ethyl adjacent to an activating group) is 1. The summed E-state index contributed by atoms with van der Waals surface area (Å²) in [6.07, 6.45) is 24.1. The zero-order valence-corrected chi connectivity index (χ0v) is 17.0. The van der Waals surface area contributed by atoms with E-state index < -0.39 is 5.97 Å². The topological polar surface area (TPSA) is 40.1 Å². The molecular formula is C22H41NO2. The third-order valence-electron chi connectivity index (χ3n) is 4.52. The van der Waals surface area contributed by atoms with Crippen molar-refractivity contribution < 1.29 is 14.4 Å². The molecule has 0 rings (SSSR count). The summed E-state index contributed by atoms with van der Waals surface area (Å²) < 4.78 is 0.528. The fraction of sp³-hybridized carbons (Fsp3) is 0.773. The Labute approximate surface area is 156 Å². The summed E-state index contributed by atoms with van der Waals surface area (Å²) in [5, 5.41) is 10.7. The molecule has 0 aromatic rings. The van der Waals surface area contributed by atoms with Crippen molar-refractivity contribution in [3.8, 4) is 0 Å². The summed E-state index contributed by atoms with van der Waals surface area (Å²) in [6, 6.07) is 0. The van der Waals surface area contributed by atoms with E-state index in [1.54, 1.807) is 0 Å². The van der Waals surface area contributed by atoms with Crippen molar-refractivity contribution in [1.82, 2.24) is 0 Å². The van der Waals surface area contributed by atoms with E-state index in [4.69, 9.17) is 0 Å². The number of carboxylic acid groups (broad SMARTS) is 1. The van der Waals surface area contributed by atoms with E-state index in [0.717, 1.165) is 19.4 Å². The maximum absolute atomic E-state index is 10.7. The lowest BCUT2D eigenvalue weighted by molar-refractivity contribution is -0.885. The fourth-order valence-corrected chi connectivity index (χ4v) is 2.96. The van der Waals surface area contributed by atoms with Gasteiger partial charge in [-0.25, -0.2) is 0 Å². The van der Waals surface area contributed by atoms with Crippen molar-refractivity contribution in [3.63, 3.8) is 0 Å². The van der Waals surface area contributed by atoms with Crippen LogP contribution in [0.1, 0.15) is 84.0 Å². The van der Waals surface area contributed by atoms with Gasteiger partial charge in [0.1, 0.15) is 6.54 Å². The molecule has 0 radical (unpaired) electrons. The molecule has 0 heterocycles. The number of carbonyl (C=O) groups is 1. The summed E-state index contributed by atoms with van der Waals surface area (Å²) in [7, 11) is 3.92. The van der Waals surface area contributed by atoms with Gasteiger partial charge in [-0.3, -0.25) is 0 Å². The Morgan fingerprint density at radius 2 is 1.32 bits per heavy atom. The minimum atomic E-state index is -0.954. The molecule has 0 bridgehead atoms. The smallest absolute Gasteiger partial charge is 0.119 e. The number of hydrogen-bond donors (Lipinski definition) is 0. The maximum atomic E-state index is 10.7. The summed E-state index contributed by atoms with van der Waals surface area (Å²) in [5.41, 5.74) is 0. The van der Waals surface area contributed by atoms with Crippen LogP contribution in [0, 0.1) is 0 Å². The van der Waals surface area contributed by atoms with Gasteiger partial charge in [0, 0.05) is 0 Å². The van der Waals surface area contributed by atoms with Gasteiger partial charge < -0.3 is 14.4 Å². The van der Waals surface area contributed by atoms with Gasteiger partial charge in [-0.2, -0.15) is 0 Å². The Morgan fingerprint density at radius 1 is 0.800 bits per heavy atom. The van der Waals surface area contributed by atoms with Crippen LogP contribution in [0.25, 0.3) is 0 Å². The van der Waals surface area contributed by atoms with E-state index in [9.17, 15) is 9.90 Å². The SMILES string of the molecule is CCCCCC=CCC=CCCCCCCCC[N+](C)(C)CC(=O)[O-]. The van der Waals surface area contributed by atoms with Gasteiger partial charge in [0.2, 0.25) is 0 Å². The lowest BCUT2D eigenvalue weighted by atomic mass is 10.1. The number of aliphatic carboxylic acids is 1. The molecule has 0 saturated carbocycles. The largest absolute Gasteiger partial charge is 0.544 e. The van der Waals surface area contributed by atoms with Crippen LogP contribution in [0.5, 0.6) is 0 Å². The summed E-state index contributed by atoms with van der Waals surface area (Å²) in [4.78, 5) is 10.7. The minimum absolute atomic E-state index is 0.111. The van der Waals surface area contributed by atoms with Crippen LogP contribution in [-0.4, -0.2) is 37.6 Å². The second-order valence-corrected chi connectivity index (χ2v) is 7.77. The first-order chi connectivity index (χ1) is 12.0. The van der Waals surface area contributed by atoms with Crippen molar-refractivity contribution in [2.24, 2.45) is 0 Å². The van der Waals surface area contributed by atoms with Gasteiger partial charge in [0.25, 0.3) is 0 Å². The first-order valence-electron chi connectivity index (χ1n) is 10.3. The zero-order chi connectivity index (χ0) is 18.8. The van der Waals surface area contributed by atoms with Crippen molar-refractivity contribution in [2.45, 2.75) is 84.0 Å². The minimum Gasteiger partial charge on any atom is -0.544 e. The van der Waals surface area contributed by atoms with Gasteiger partial charge in [0.05, 0.1) is 26.6 Å². The molecule has 0 fully saturated rings. The molecule has 3 nitrogen and oxygen atoms in total. The highest BCUT2D eigenvalue weighted by molar-refractivity contribution is 5.65. The number of unbranched alkanes of at least 4 members (excludes halogenated alkanes) is 9. The van der Waals surface area contributed by atoms with E-state index in [1.807, 2.05) is 14.1 Å². The molecule has 0 aliphatic carbocycles. The van der Waals surface area contributed by atoms with Crippen molar-refractivity contribution in [2.75, 3.05) is 27.2 Å². The van der Waals surface area contributed by atoms with Crippen LogP contribution in [0.4, 0.5) is 0 Å². The molecule has 0 aromatic carbocycles. The highest BCUT2D eigenvalue weighted by Crippen LogP contribution is 2.10. The molecule has 0 aliphatic rings. The summed E-state index contributed by atoms with van der Waals surface area (Å²) >= 11 is 0. The summed E-state index contributed by atoms with van der Waals surface area (Å²) in [6.45, 7) is 3.27. The van der Waals surface area contributed by atoms with Crippen molar-refractivity contribution in [3.05, 3.63) is 24.3 Å². The predicted octanol–water partition coefficient (Wildman–Crippen LogP) is 4.63. The van der Waals surface area contributed by atoms with Crippen LogP contribution < -0.4 is 5.11 Å². The average molecular weight is 352 g/mol. The first kappa shape index (κ1) is 23.9. The zero-order valence-electron chi connectivity index (χ0n) is 17.0. The highest BCUT2D eigenvalue weighted by atomic mass is 16.4. The normalized spacial score (nSPS) is 12.4. The van der Waals surface area contributed by atoms with Gasteiger partial charge in [0.15, 0.2) is 0 Å². The summed E-state index contributed by atoms with van der Waals surface area (Å²) in [5.74, 6) is -0.954. The van der Waals surface area contributed by atoms with Gasteiger partial charge in [-0.1, -0.05) is 63.3 Å². The fourth-order valence-electron chi connectivity index (χ4n) is 2.96. The maximum Gasteiger partial charge on any atom is 0.119 e. The Bertz CT molecular complexity index is 372. The molecule has 0 saturated heterocycles. The number of quaternary nitrogens is 1. The van der Waals surface area contributed by atoms with Gasteiger partial charge in [-0.05, 0) is 44.9 Å². The van der Waals surface area contributed by atoms with E-state index in [-0.39, 0.29) is 6.54 Å². The second kappa shape index (κ2) is 16.4. The van der Waals surface area contributed by atoms with E-state index >= 15 is 0 Å². The molecule has 0 N–H and O–H groups in total. The number of allylic oxidation sites excluding steroid dienone is 4. The number of hydrogen-bond acceptors (Lipinski definition) is 2. The van der Waals surface area contributed by atoms with E-state index in [1.165, 1.54) is 64.2 Å². The van der Waals surface area contributed by atoms with Gasteiger partial charge in [-0.15, -0.1) is 0 Å². The van der Waals surface area contributed by atoms with Gasteiger partial charge >= 0.3 is 0 Å². The molecule has 25 heavy (non-hydrogen) atoms. The third kappa shape index (κ3) is 19.1. The van der Waals surface area contributed by atoms with E-state index in [0.29, 0.717) is 4.48 Å². The molecule has 0 amide bonds. The number of carbonyl (C=O) groups excluding carboxylic acids is 1. The predicted molar refractivity (Wildman–Crippen MR) is 106 cm³/mol. The van der Waals surface area contributed by atoms with Crippen molar-refractivity contribution >= 4 is 5.97 Å². The molecule has 0 aliphatic heterocycles. The molecule has 3 heteroatoms. The number of nitrogens with zero attached hydrogens (tertiary/aromatic N) is 1. The molecule has 0 aromatic heterocycles. The van der Waals surface area contributed by atoms with Crippen LogP contribution in [0.15, 0.2) is 24.3 Å². The second-order valence-electron chi connectivity index (χ2n) is 7.77. The van der Waals surface area contributed by atoms with Crippen molar-refractivity contribution in [1.29, 1.82) is 0 Å². The monoisotopic (exact) mass is 351 g/mol. The average Bonchev–Trinajstić information content (AvgIpc) is 2.53. The number of rotatable bonds is 17. The molecular weight excluding hydrogens is 310 g/mol. The standard InChI is InChI=1S/C22H41NO2/c1-4-5-6-7-8-9-10-11-12-13-14-15-16-17-18-19-20-23(2,3)21-22(24)25/h8-9,11-12H,4-7,10,13-21H2,1-3H3. The van der Waals surface area contributed by atoms with Crippen LogP contribution >= 0.6 is 0 Å². The molecule has 0 atom stereocenters. The number of carboxylic acids is 1. The molecule has 0 unspecified atom stereocenters. The van der Waals surface area contributed by atoms with E-state index in [2.05, 4.69) is 31.2 Å². The first-order valence-corrected chi connectivity index (χ1v) is 10.3. The van der Waals surface area contributed by atoms with Crippen LogP contribution in [0.3, 0.4) is 0 Å². The Morgan fingerprint density at radius 3 is 1.88 bits per heavy atom. The van der Waals surface area contributed by atoms with Crippen LogP contribution in [0.2, 0.25) is 0 Å². The third-order valence-corrected chi connectivity index (χ3v) is 4.52. The molecule has 146 valence electrons. The Kier molecular flexibility index (Phi) is 15.7. The molecule has 0 spiro atoms.